The first-order chi connectivity index (χ1) is 7.19. The summed E-state index contributed by atoms with van der Waals surface area (Å²) in [5.74, 6) is -0.112. The van der Waals surface area contributed by atoms with Crippen LogP contribution in [0.2, 0.25) is 0 Å². The second-order valence-corrected chi connectivity index (χ2v) is 3.37. The fourth-order valence-electron chi connectivity index (χ4n) is 1.28. The molecule has 1 aromatic carbocycles. The number of carbonyl (C=O) groups is 1. The average molecular weight is 202 g/mol. The number of rotatable bonds is 3. The average Bonchev–Trinajstić information content (AvgIpc) is 2.28. The van der Waals surface area contributed by atoms with Gasteiger partial charge in [-0.3, -0.25) is 4.79 Å². The molecule has 3 nitrogen and oxygen atoms in total. The molecule has 0 atom stereocenters. The highest BCUT2D eigenvalue weighted by Crippen LogP contribution is 2.07. The minimum absolute atomic E-state index is 0.112. The fourth-order valence-corrected chi connectivity index (χ4v) is 1.28. The highest BCUT2D eigenvalue weighted by Gasteiger charge is 2.10. The lowest BCUT2D eigenvalue weighted by molar-refractivity contribution is 0.0812. The smallest absolute Gasteiger partial charge is 0.254 e. The Kier molecular flexibility index (Phi) is 3.87. The van der Waals surface area contributed by atoms with Crippen LogP contribution in [0.25, 0.3) is 0 Å². The molecule has 0 heterocycles. The first kappa shape index (κ1) is 11.3. The molecule has 0 saturated carbocycles. The third kappa shape index (κ3) is 2.81. The maximum absolute atomic E-state index is 11.7. The largest absolute Gasteiger partial charge is 0.328 e. The Morgan fingerprint density at radius 3 is 2.47 bits per heavy atom. The standard InChI is InChI=1S/C12H14N2O/c1-3-10-4-6-11(7-5-10)12(15)14(2)9-8-13/h4-7H,3,9H2,1-2H3. The normalized spacial score (nSPS) is 9.40. The van der Waals surface area contributed by atoms with Crippen LogP contribution in [0.3, 0.4) is 0 Å². The predicted molar refractivity (Wildman–Crippen MR) is 58.4 cm³/mol. The second kappa shape index (κ2) is 5.16. The third-order valence-corrected chi connectivity index (χ3v) is 2.26. The van der Waals surface area contributed by atoms with Crippen molar-refractivity contribution in [2.45, 2.75) is 13.3 Å². The number of amides is 1. The van der Waals surface area contributed by atoms with Crippen LogP contribution in [0.1, 0.15) is 22.8 Å². The number of hydrogen-bond acceptors (Lipinski definition) is 2. The highest BCUT2D eigenvalue weighted by atomic mass is 16.2. The maximum atomic E-state index is 11.7. The number of nitriles is 1. The van der Waals surface area contributed by atoms with E-state index >= 15 is 0 Å². The maximum Gasteiger partial charge on any atom is 0.254 e. The molecule has 0 bridgehead atoms. The molecule has 0 unspecified atom stereocenters. The van der Waals surface area contributed by atoms with Gasteiger partial charge in [0.05, 0.1) is 6.07 Å². The van der Waals surface area contributed by atoms with Crippen molar-refractivity contribution in [2.75, 3.05) is 13.6 Å². The van der Waals surface area contributed by atoms with Crippen molar-refractivity contribution in [3.8, 4) is 6.07 Å². The lowest BCUT2D eigenvalue weighted by Gasteiger charge is -2.12. The topological polar surface area (TPSA) is 44.1 Å². The van der Waals surface area contributed by atoms with E-state index in [1.807, 2.05) is 18.2 Å². The van der Waals surface area contributed by atoms with Crippen molar-refractivity contribution in [2.24, 2.45) is 0 Å². The zero-order valence-corrected chi connectivity index (χ0v) is 9.03. The molecule has 0 N–H and O–H groups in total. The molecule has 78 valence electrons. The van der Waals surface area contributed by atoms with E-state index in [2.05, 4.69) is 6.92 Å². The van der Waals surface area contributed by atoms with Gasteiger partial charge in [-0.15, -0.1) is 0 Å². The van der Waals surface area contributed by atoms with Crippen molar-refractivity contribution in [3.63, 3.8) is 0 Å². The Morgan fingerprint density at radius 1 is 1.40 bits per heavy atom. The Balaban J connectivity index is 2.79. The zero-order chi connectivity index (χ0) is 11.3. The lowest BCUT2D eigenvalue weighted by atomic mass is 10.1. The predicted octanol–water partition coefficient (Wildman–Crippen LogP) is 1.84. The fraction of sp³-hybridized carbons (Fsp3) is 0.333. The van der Waals surface area contributed by atoms with Crippen LogP contribution in [-0.4, -0.2) is 24.4 Å². The van der Waals surface area contributed by atoms with Crippen molar-refractivity contribution >= 4 is 5.91 Å². The molecule has 0 spiro atoms. The van der Waals surface area contributed by atoms with Crippen LogP contribution in [0.5, 0.6) is 0 Å². The number of carbonyl (C=O) groups excluding carboxylic acids is 1. The van der Waals surface area contributed by atoms with Crippen molar-refractivity contribution in [1.29, 1.82) is 5.26 Å². The minimum Gasteiger partial charge on any atom is -0.328 e. The third-order valence-electron chi connectivity index (χ3n) is 2.26. The molecular formula is C12H14N2O. The van der Waals surface area contributed by atoms with E-state index in [1.54, 1.807) is 19.2 Å². The van der Waals surface area contributed by atoms with E-state index in [4.69, 9.17) is 5.26 Å². The van der Waals surface area contributed by atoms with Crippen molar-refractivity contribution in [3.05, 3.63) is 35.4 Å². The molecule has 0 aliphatic carbocycles. The van der Waals surface area contributed by atoms with Gasteiger partial charge in [-0.2, -0.15) is 5.26 Å². The summed E-state index contributed by atoms with van der Waals surface area (Å²) < 4.78 is 0. The summed E-state index contributed by atoms with van der Waals surface area (Å²) in [7, 11) is 1.62. The summed E-state index contributed by atoms with van der Waals surface area (Å²) in [6, 6.07) is 9.42. The molecule has 15 heavy (non-hydrogen) atoms. The van der Waals surface area contributed by atoms with Gasteiger partial charge in [-0.25, -0.2) is 0 Å². The van der Waals surface area contributed by atoms with Gasteiger partial charge in [0.2, 0.25) is 0 Å². The van der Waals surface area contributed by atoms with Crippen LogP contribution in [-0.2, 0) is 6.42 Å². The molecule has 0 saturated heterocycles. The van der Waals surface area contributed by atoms with Crippen LogP contribution in [0, 0.1) is 11.3 Å². The molecule has 0 aromatic heterocycles. The van der Waals surface area contributed by atoms with E-state index in [9.17, 15) is 4.79 Å². The van der Waals surface area contributed by atoms with Gasteiger partial charge in [0, 0.05) is 12.6 Å². The summed E-state index contributed by atoms with van der Waals surface area (Å²) in [4.78, 5) is 13.1. The van der Waals surface area contributed by atoms with Crippen LogP contribution < -0.4 is 0 Å². The van der Waals surface area contributed by atoms with Gasteiger partial charge >= 0.3 is 0 Å². The minimum atomic E-state index is -0.112. The molecule has 0 aliphatic heterocycles. The molecule has 0 radical (unpaired) electrons. The van der Waals surface area contributed by atoms with Crippen LogP contribution in [0.4, 0.5) is 0 Å². The summed E-state index contributed by atoms with van der Waals surface area (Å²) in [5, 5.41) is 8.47. The number of benzene rings is 1. The highest BCUT2D eigenvalue weighted by molar-refractivity contribution is 5.94. The molecule has 1 aromatic rings. The Morgan fingerprint density at radius 2 is 2.00 bits per heavy atom. The Labute approximate surface area is 89.9 Å². The monoisotopic (exact) mass is 202 g/mol. The van der Waals surface area contributed by atoms with Crippen molar-refractivity contribution < 1.29 is 4.79 Å². The van der Waals surface area contributed by atoms with Gasteiger partial charge < -0.3 is 4.90 Å². The molecule has 1 rings (SSSR count). The first-order valence-electron chi connectivity index (χ1n) is 4.90. The first-order valence-corrected chi connectivity index (χ1v) is 4.90. The molecule has 3 heteroatoms. The Hall–Kier alpha value is -1.82. The Bertz CT molecular complexity index is 376. The second-order valence-electron chi connectivity index (χ2n) is 3.37. The van der Waals surface area contributed by atoms with Gasteiger partial charge in [-0.05, 0) is 24.1 Å². The van der Waals surface area contributed by atoms with Crippen LogP contribution in [0.15, 0.2) is 24.3 Å². The number of aryl methyl sites for hydroxylation is 1. The zero-order valence-electron chi connectivity index (χ0n) is 9.03. The van der Waals surface area contributed by atoms with E-state index in [1.165, 1.54) is 10.5 Å². The van der Waals surface area contributed by atoms with Gasteiger partial charge in [-0.1, -0.05) is 19.1 Å². The van der Waals surface area contributed by atoms with E-state index in [0.29, 0.717) is 5.56 Å². The van der Waals surface area contributed by atoms with E-state index in [-0.39, 0.29) is 12.5 Å². The quantitative estimate of drug-likeness (QED) is 0.702. The lowest BCUT2D eigenvalue weighted by Crippen LogP contribution is -2.26. The van der Waals surface area contributed by atoms with Gasteiger partial charge in [0.15, 0.2) is 0 Å². The molecule has 0 fully saturated rings. The summed E-state index contributed by atoms with van der Waals surface area (Å²) in [6.07, 6.45) is 0.961. The summed E-state index contributed by atoms with van der Waals surface area (Å²) in [5.41, 5.74) is 1.83. The van der Waals surface area contributed by atoms with Crippen LogP contribution >= 0.6 is 0 Å². The van der Waals surface area contributed by atoms with E-state index in [0.717, 1.165) is 6.42 Å². The molecule has 0 aliphatic rings. The van der Waals surface area contributed by atoms with Gasteiger partial charge in [0.1, 0.15) is 6.54 Å². The van der Waals surface area contributed by atoms with E-state index < -0.39 is 0 Å². The molecular weight excluding hydrogens is 188 g/mol. The summed E-state index contributed by atoms with van der Waals surface area (Å²) >= 11 is 0. The number of hydrogen-bond donors (Lipinski definition) is 0. The summed E-state index contributed by atoms with van der Waals surface area (Å²) in [6.45, 7) is 2.19. The van der Waals surface area contributed by atoms with Crippen molar-refractivity contribution in [1.82, 2.24) is 4.90 Å². The SMILES string of the molecule is CCc1ccc(C(=O)N(C)CC#N)cc1. The molecule has 1 amide bonds. The number of nitrogens with zero attached hydrogens (tertiary/aromatic N) is 2. The van der Waals surface area contributed by atoms with Gasteiger partial charge in [0.25, 0.3) is 5.91 Å².